The monoisotopic (exact) mass is 328 g/mol. The van der Waals surface area contributed by atoms with E-state index in [1.54, 1.807) is 12.1 Å². The first-order valence-corrected chi connectivity index (χ1v) is 8.47. The molecule has 0 radical (unpaired) electrons. The van der Waals surface area contributed by atoms with Crippen molar-refractivity contribution < 1.29 is 8.42 Å². The van der Waals surface area contributed by atoms with Crippen LogP contribution in [0.25, 0.3) is 0 Å². The molecule has 7 heteroatoms. The van der Waals surface area contributed by atoms with Gasteiger partial charge in [0.15, 0.2) is 0 Å². The Morgan fingerprint density at radius 1 is 1.00 bits per heavy atom. The summed E-state index contributed by atoms with van der Waals surface area (Å²) in [5, 5.41) is 9.38. The third kappa shape index (κ3) is 3.51. The molecule has 0 unspecified atom stereocenters. The normalized spacial score (nSPS) is 11.2. The predicted molar refractivity (Wildman–Crippen MR) is 90.3 cm³/mol. The van der Waals surface area contributed by atoms with Gasteiger partial charge in [-0.1, -0.05) is 29.8 Å². The molecule has 1 heterocycles. The van der Waals surface area contributed by atoms with Crippen molar-refractivity contribution >= 4 is 27.1 Å². The van der Waals surface area contributed by atoms with Crippen molar-refractivity contribution in [3.63, 3.8) is 0 Å². The maximum absolute atomic E-state index is 12.3. The number of hydrogen-bond acceptors (Lipinski definition) is 4. The number of anilines is 3. The molecule has 0 saturated heterocycles. The molecule has 0 spiro atoms. The number of hydrogen-bond donors (Lipinski definition) is 3. The van der Waals surface area contributed by atoms with Gasteiger partial charge in [-0.3, -0.25) is 9.82 Å². The zero-order valence-electron chi connectivity index (χ0n) is 12.4. The van der Waals surface area contributed by atoms with Gasteiger partial charge in [0.2, 0.25) is 0 Å². The molecule has 0 atom stereocenters. The Labute approximate surface area is 134 Å². The van der Waals surface area contributed by atoms with Crippen molar-refractivity contribution in [1.82, 2.24) is 10.2 Å². The number of aryl methyl sites for hydroxylation is 1. The maximum atomic E-state index is 12.3. The molecule has 0 aliphatic rings. The van der Waals surface area contributed by atoms with Gasteiger partial charge >= 0.3 is 0 Å². The lowest BCUT2D eigenvalue weighted by Crippen LogP contribution is -2.13. The van der Waals surface area contributed by atoms with Crippen molar-refractivity contribution in [1.29, 1.82) is 0 Å². The van der Waals surface area contributed by atoms with Crippen LogP contribution in [0.1, 0.15) is 5.56 Å². The van der Waals surface area contributed by atoms with E-state index in [9.17, 15) is 8.42 Å². The van der Waals surface area contributed by atoms with E-state index in [0.717, 1.165) is 11.3 Å². The summed E-state index contributed by atoms with van der Waals surface area (Å²) < 4.78 is 27.2. The number of nitrogens with one attached hydrogen (secondary N) is 3. The molecule has 0 fully saturated rings. The van der Waals surface area contributed by atoms with Gasteiger partial charge in [-0.2, -0.15) is 5.10 Å². The third-order valence-electron chi connectivity index (χ3n) is 3.29. The summed E-state index contributed by atoms with van der Waals surface area (Å²) in [4.78, 5) is 0.0858. The van der Waals surface area contributed by atoms with Gasteiger partial charge in [0.05, 0.1) is 17.6 Å². The van der Waals surface area contributed by atoms with Gasteiger partial charge in [0.1, 0.15) is 4.90 Å². The highest BCUT2D eigenvalue weighted by Crippen LogP contribution is 2.27. The fourth-order valence-electron chi connectivity index (χ4n) is 2.06. The zero-order chi connectivity index (χ0) is 16.3. The Morgan fingerprint density at radius 2 is 1.70 bits per heavy atom. The smallest absolute Gasteiger partial charge is 0.265 e. The minimum Gasteiger partial charge on any atom is -0.354 e. The van der Waals surface area contributed by atoms with Crippen LogP contribution >= 0.6 is 0 Å². The molecule has 6 nitrogen and oxygen atoms in total. The Morgan fingerprint density at radius 3 is 2.35 bits per heavy atom. The van der Waals surface area contributed by atoms with Crippen LogP contribution in [0, 0.1) is 6.92 Å². The number of H-pyrrole nitrogens is 1. The number of para-hydroxylation sites is 2. The molecular formula is C16H16N4O2S. The third-order valence-corrected chi connectivity index (χ3v) is 4.62. The molecule has 3 rings (SSSR count). The fourth-order valence-corrected chi connectivity index (χ4v) is 3.05. The van der Waals surface area contributed by atoms with Gasteiger partial charge in [-0.25, -0.2) is 8.42 Å². The first-order chi connectivity index (χ1) is 11.0. The first kappa shape index (κ1) is 15.1. The molecule has 23 heavy (non-hydrogen) atoms. The Kier molecular flexibility index (Phi) is 4.03. The van der Waals surface area contributed by atoms with Crippen LogP contribution < -0.4 is 10.0 Å². The summed E-state index contributed by atoms with van der Waals surface area (Å²) in [5.74, 6) is 0. The molecule has 0 aliphatic carbocycles. The van der Waals surface area contributed by atoms with E-state index in [2.05, 4.69) is 20.2 Å². The molecule has 0 aliphatic heterocycles. The number of aromatic amines is 1. The van der Waals surface area contributed by atoms with Crippen LogP contribution in [-0.4, -0.2) is 18.6 Å². The van der Waals surface area contributed by atoms with Crippen molar-refractivity contribution in [3.8, 4) is 0 Å². The molecule has 2 aromatic carbocycles. The summed E-state index contributed by atoms with van der Waals surface area (Å²) in [6.07, 6.45) is 2.59. The Bertz CT molecular complexity index is 888. The van der Waals surface area contributed by atoms with E-state index < -0.39 is 10.0 Å². The minimum absolute atomic E-state index is 0.0858. The average molecular weight is 328 g/mol. The van der Waals surface area contributed by atoms with E-state index in [1.807, 2.05) is 43.3 Å². The summed E-state index contributed by atoms with van der Waals surface area (Å²) in [6, 6.07) is 15.0. The fraction of sp³-hybridized carbons (Fsp3) is 0.0625. The van der Waals surface area contributed by atoms with E-state index in [0.29, 0.717) is 11.4 Å². The van der Waals surface area contributed by atoms with Gasteiger partial charge in [-0.15, -0.1) is 0 Å². The second-order valence-corrected chi connectivity index (χ2v) is 6.76. The SMILES string of the molecule is Cc1ccc(Nc2ccccc2NS(=O)(=O)c2cn[nH]c2)cc1. The van der Waals surface area contributed by atoms with Gasteiger partial charge in [0, 0.05) is 11.9 Å². The van der Waals surface area contributed by atoms with Crippen molar-refractivity contribution in [2.75, 3.05) is 10.0 Å². The highest BCUT2D eigenvalue weighted by Gasteiger charge is 2.16. The quantitative estimate of drug-likeness (QED) is 0.671. The van der Waals surface area contributed by atoms with Crippen molar-refractivity contribution in [2.45, 2.75) is 11.8 Å². The molecule has 118 valence electrons. The number of benzene rings is 2. The first-order valence-electron chi connectivity index (χ1n) is 6.99. The minimum atomic E-state index is -3.68. The summed E-state index contributed by atoms with van der Waals surface area (Å²) >= 11 is 0. The average Bonchev–Trinajstić information content (AvgIpc) is 3.06. The molecule has 0 bridgehead atoms. The summed E-state index contributed by atoms with van der Waals surface area (Å²) in [5.41, 5.74) is 3.17. The molecular weight excluding hydrogens is 312 g/mol. The molecule has 1 aromatic heterocycles. The Hall–Kier alpha value is -2.80. The number of aromatic nitrogens is 2. The summed E-state index contributed by atoms with van der Waals surface area (Å²) in [6.45, 7) is 2.01. The van der Waals surface area contributed by atoms with Crippen LogP contribution in [0.15, 0.2) is 65.8 Å². The van der Waals surface area contributed by atoms with Crippen molar-refractivity contribution in [3.05, 3.63) is 66.5 Å². The van der Waals surface area contributed by atoms with Crippen LogP contribution in [0.2, 0.25) is 0 Å². The highest BCUT2D eigenvalue weighted by atomic mass is 32.2. The van der Waals surface area contributed by atoms with Gasteiger partial charge in [0.25, 0.3) is 10.0 Å². The van der Waals surface area contributed by atoms with E-state index in [4.69, 9.17) is 0 Å². The van der Waals surface area contributed by atoms with Crippen LogP contribution in [0.3, 0.4) is 0 Å². The molecule has 0 amide bonds. The summed E-state index contributed by atoms with van der Waals surface area (Å²) in [7, 11) is -3.68. The van der Waals surface area contributed by atoms with E-state index in [1.165, 1.54) is 12.4 Å². The lowest BCUT2D eigenvalue weighted by molar-refractivity contribution is 0.601. The van der Waals surface area contributed by atoms with Crippen LogP contribution in [0.4, 0.5) is 17.1 Å². The zero-order valence-corrected chi connectivity index (χ0v) is 13.3. The number of nitrogens with zero attached hydrogens (tertiary/aromatic N) is 1. The largest absolute Gasteiger partial charge is 0.354 e. The lowest BCUT2D eigenvalue weighted by atomic mass is 10.2. The van der Waals surface area contributed by atoms with Crippen LogP contribution in [0.5, 0.6) is 0 Å². The highest BCUT2D eigenvalue weighted by molar-refractivity contribution is 7.92. The van der Waals surface area contributed by atoms with Gasteiger partial charge in [-0.05, 0) is 31.2 Å². The maximum Gasteiger partial charge on any atom is 0.265 e. The molecule has 3 N–H and O–H groups in total. The standard InChI is InChI=1S/C16H16N4O2S/c1-12-6-8-13(9-7-12)19-15-4-2-3-5-16(15)20-23(21,22)14-10-17-18-11-14/h2-11,19-20H,1H3,(H,17,18). The van der Waals surface area contributed by atoms with Gasteiger partial charge < -0.3 is 5.32 Å². The topological polar surface area (TPSA) is 86.9 Å². The van der Waals surface area contributed by atoms with E-state index in [-0.39, 0.29) is 4.90 Å². The van der Waals surface area contributed by atoms with Crippen molar-refractivity contribution in [2.24, 2.45) is 0 Å². The molecule has 3 aromatic rings. The Balaban J connectivity index is 1.88. The van der Waals surface area contributed by atoms with E-state index >= 15 is 0 Å². The second-order valence-electron chi connectivity index (χ2n) is 5.08. The lowest BCUT2D eigenvalue weighted by Gasteiger charge is -2.13. The van der Waals surface area contributed by atoms with Crippen LogP contribution in [-0.2, 0) is 10.0 Å². The number of sulfonamides is 1. The number of rotatable bonds is 5. The second kappa shape index (κ2) is 6.13. The molecule has 0 saturated carbocycles. The predicted octanol–water partition coefficient (Wildman–Crippen LogP) is 3.26.